The summed E-state index contributed by atoms with van der Waals surface area (Å²) in [4.78, 5) is 20.8. The number of nitrogens with one attached hydrogen (secondary N) is 1. The molecule has 2 aliphatic rings. The van der Waals surface area contributed by atoms with Crippen LogP contribution in [0.4, 0.5) is 10.1 Å². The van der Waals surface area contributed by atoms with E-state index in [0.717, 1.165) is 44.0 Å². The van der Waals surface area contributed by atoms with E-state index >= 15 is 0 Å². The molecule has 0 bridgehead atoms. The molecule has 1 aromatic carbocycles. The fourth-order valence-corrected chi connectivity index (χ4v) is 4.19. The Morgan fingerprint density at radius 1 is 1.19 bits per heavy atom. The summed E-state index contributed by atoms with van der Waals surface area (Å²) < 4.78 is 19.9. The highest BCUT2D eigenvalue weighted by atomic mass is 127. The first-order valence-electron chi connectivity index (χ1n) is 11.4. The molecule has 0 saturated carbocycles. The maximum absolute atomic E-state index is 14.7. The molecule has 0 amide bonds. The first-order valence-corrected chi connectivity index (χ1v) is 11.4. The van der Waals surface area contributed by atoms with Crippen LogP contribution in [-0.2, 0) is 16.1 Å². The Morgan fingerprint density at radius 2 is 1.88 bits per heavy atom. The fraction of sp³-hybridized carbons (Fsp3) is 0.652. The molecular formula is C23H36FIN4O3. The second-order valence-electron chi connectivity index (χ2n) is 8.19. The monoisotopic (exact) mass is 562 g/mol. The molecule has 0 aromatic heterocycles. The van der Waals surface area contributed by atoms with E-state index in [2.05, 4.69) is 10.2 Å². The third kappa shape index (κ3) is 7.19. The summed E-state index contributed by atoms with van der Waals surface area (Å²) in [5, 5.41) is 13.0. The number of piperidine rings is 2. The predicted molar refractivity (Wildman–Crippen MR) is 135 cm³/mol. The first-order chi connectivity index (χ1) is 15.0. The normalized spacial score (nSPS) is 18.3. The van der Waals surface area contributed by atoms with Crippen molar-refractivity contribution in [2.45, 2.75) is 52.2 Å². The summed E-state index contributed by atoms with van der Waals surface area (Å²) in [6.45, 7) is 8.20. The van der Waals surface area contributed by atoms with Gasteiger partial charge in [0.15, 0.2) is 5.96 Å². The Labute approximate surface area is 207 Å². The second kappa shape index (κ2) is 13.2. The zero-order valence-corrected chi connectivity index (χ0v) is 21.4. The minimum absolute atomic E-state index is 0. The number of aliphatic imine (C=N–C) groups is 1. The summed E-state index contributed by atoms with van der Waals surface area (Å²) in [7, 11) is 0. The molecule has 7 nitrogen and oxygen atoms in total. The Morgan fingerprint density at radius 3 is 2.47 bits per heavy atom. The van der Waals surface area contributed by atoms with Crippen molar-refractivity contribution in [1.29, 1.82) is 0 Å². The molecule has 32 heavy (non-hydrogen) atoms. The lowest BCUT2D eigenvalue weighted by Gasteiger charge is -2.33. The van der Waals surface area contributed by atoms with Crippen LogP contribution in [0, 0.1) is 11.7 Å². The van der Waals surface area contributed by atoms with E-state index in [1.807, 2.05) is 30.9 Å². The molecule has 2 N–H and O–H groups in total. The summed E-state index contributed by atoms with van der Waals surface area (Å²) in [5.41, 5.74) is 1.41. The molecule has 3 rings (SSSR count). The number of benzene rings is 1. The number of rotatable bonds is 6. The Bertz CT molecular complexity index is 764. The molecule has 0 spiro atoms. The van der Waals surface area contributed by atoms with Gasteiger partial charge in [0.05, 0.1) is 30.9 Å². The number of aliphatic hydroxyl groups is 1. The van der Waals surface area contributed by atoms with Gasteiger partial charge in [0, 0.05) is 32.7 Å². The number of guanidine groups is 1. The smallest absolute Gasteiger partial charge is 0.309 e. The van der Waals surface area contributed by atoms with Gasteiger partial charge in [-0.3, -0.25) is 4.79 Å². The minimum Gasteiger partial charge on any atom is -0.466 e. The molecule has 0 aliphatic carbocycles. The van der Waals surface area contributed by atoms with Crippen LogP contribution in [0.5, 0.6) is 0 Å². The lowest BCUT2D eigenvalue weighted by molar-refractivity contribution is -0.149. The number of halogens is 2. The van der Waals surface area contributed by atoms with E-state index in [0.29, 0.717) is 44.8 Å². The molecule has 0 unspecified atom stereocenters. The van der Waals surface area contributed by atoms with E-state index < -0.39 is 0 Å². The molecule has 0 atom stereocenters. The zero-order valence-electron chi connectivity index (χ0n) is 19.1. The van der Waals surface area contributed by atoms with Crippen molar-refractivity contribution < 1.29 is 19.0 Å². The van der Waals surface area contributed by atoms with Crippen molar-refractivity contribution in [3.63, 3.8) is 0 Å². The SMILES string of the molecule is CCNC(=NCc1ccc(N2CCC(O)CC2)c(F)c1)N1CCC(C(=O)OCC)CC1.I. The van der Waals surface area contributed by atoms with Crippen LogP contribution >= 0.6 is 24.0 Å². The molecule has 2 fully saturated rings. The number of hydrogen-bond acceptors (Lipinski definition) is 5. The van der Waals surface area contributed by atoms with Gasteiger partial charge < -0.3 is 25.0 Å². The van der Waals surface area contributed by atoms with Crippen molar-refractivity contribution in [2.75, 3.05) is 44.2 Å². The number of anilines is 1. The first kappa shape index (κ1) is 26.6. The van der Waals surface area contributed by atoms with Gasteiger partial charge in [0.2, 0.25) is 0 Å². The van der Waals surface area contributed by atoms with Gasteiger partial charge in [0.25, 0.3) is 0 Å². The molecule has 1 aromatic rings. The van der Waals surface area contributed by atoms with Gasteiger partial charge in [-0.1, -0.05) is 6.07 Å². The van der Waals surface area contributed by atoms with E-state index in [1.54, 1.807) is 6.07 Å². The molecule has 180 valence electrons. The van der Waals surface area contributed by atoms with Crippen LogP contribution in [0.15, 0.2) is 23.2 Å². The number of esters is 1. The summed E-state index contributed by atoms with van der Waals surface area (Å²) in [6, 6.07) is 5.29. The standard InChI is InChI=1S/C23H35FN4O3.HI/c1-3-25-23(28-11-7-18(8-12-28)22(30)31-4-2)26-16-17-5-6-21(20(24)15-17)27-13-9-19(29)10-14-27;/h5-6,15,18-19,29H,3-4,7-14,16H2,1-2H3,(H,25,26);1H. The highest BCUT2D eigenvalue weighted by Gasteiger charge is 2.27. The maximum Gasteiger partial charge on any atom is 0.309 e. The van der Waals surface area contributed by atoms with E-state index in [9.17, 15) is 14.3 Å². The molecule has 0 radical (unpaired) electrons. The number of aliphatic hydroxyl groups excluding tert-OH is 1. The van der Waals surface area contributed by atoms with Crippen LogP contribution in [0.1, 0.15) is 45.1 Å². The summed E-state index contributed by atoms with van der Waals surface area (Å²) in [6.07, 6.45) is 2.56. The number of carbonyl (C=O) groups is 1. The van der Waals surface area contributed by atoms with Crippen molar-refractivity contribution in [1.82, 2.24) is 10.2 Å². The van der Waals surface area contributed by atoms with E-state index in [1.165, 1.54) is 0 Å². The second-order valence-corrected chi connectivity index (χ2v) is 8.19. The number of nitrogens with zero attached hydrogens (tertiary/aromatic N) is 3. The van der Waals surface area contributed by atoms with Crippen molar-refractivity contribution in [2.24, 2.45) is 10.9 Å². The summed E-state index contributed by atoms with van der Waals surface area (Å²) >= 11 is 0. The molecule has 9 heteroatoms. The number of ether oxygens (including phenoxy) is 1. The number of carbonyl (C=O) groups excluding carboxylic acids is 1. The zero-order chi connectivity index (χ0) is 22.2. The highest BCUT2D eigenvalue weighted by molar-refractivity contribution is 14.0. The Kier molecular flexibility index (Phi) is 11.0. The topological polar surface area (TPSA) is 77.4 Å². The molecule has 2 aliphatic heterocycles. The van der Waals surface area contributed by atoms with Gasteiger partial charge in [-0.15, -0.1) is 24.0 Å². The van der Waals surface area contributed by atoms with Gasteiger partial charge >= 0.3 is 5.97 Å². The lowest BCUT2D eigenvalue weighted by atomic mass is 9.97. The minimum atomic E-state index is -0.278. The van der Waals surface area contributed by atoms with E-state index in [4.69, 9.17) is 9.73 Å². The van der Waals surface area contributed by atoms with Crippen LogP contribution in [0.3, 0.4) is 0 Å². The summed E-state index contributed by atoms with van der Waals surface area (Å²) in [5.74, 6) is 0.392. The molecule has 2 saturated heterocycles. The van der Waals surface area contributed by atoms with Gasteiger partial charge in [-0.2, -0.15) is 0 Å². The number of hydrogen-bond donors (Lipinski definition) is 2. The van der Waals surface area contributed by atoms with Crippen molar-refractivity contribution >= 4 is 41.6 Å². The number of likely N-dealkylation sites (tertiary alicyclic amines) is 1. The highest BCUT2D eigenvalue weighted by Crippen LogP contribution is 2.25. The van der Waals surface area contributed by atoms with Crippen LogP contribution < -0.4 is 10.2 Å². The molecule has 2 heterocycles. The third-order valence-electron chi connectivity index (χ3n) is 5.98. The van der Waals surface area contributed by atoms with Crippen LogP contribution in [0.25, 0.3) is 0 Å². The quantitative estimate of drug-likeness (QED) is 0.240. The lowest BCUT2D eigenvalue weighted by Crippen LogP contribution is -2.46. The fourth-order valence-electron chi connectivity index (χ4n) is 4.19. The van der Waals surface area contributed by atoms with Gasteiger partial charge in [-0.25, -0.2) is 9.38 Å². The Balaban J connectivity index is 0.00000363. The predicted octanol–water partition coefficient (Wildman–Crippen LogP) is 3.15. The largest absolute Gasteiger partial charge is 0.466 e. The Hall–Kier alpha value is -1.62. The van der Waals surface area contributed by atoms with Crippen LogP contribution in [-0.4, -0.2) is 67.4 Å². The maximum atomic E-state index is 14.7. The third-order valence-corrected chi connectivity index (χ3v) is 5.98. The van der Waals surface area contributed by atoms with Gasteiger partial charge in [-0.05, 0) is 57.2 Å². The van der Waals surface area contributed by atoms with Crippen molar-refractivity contribution in [3.05, 3.63) is 29.6 Å². The van der Waals surface area contributed by atoms with Gasteiger partial charge in [0.1, 0.15) is 5.82 Å². The average Bonchev–Trinajstić information content (AvgIpc) is 2.78. The van der Waals surface area contributed by atoms with E-state index in [-0.39, 0.29) is 47.8 Å². The van der Waals surface area contributed by atoms with Crippen LogP contribution in [0.2, 0.25) is 0 Å². The van der Waals surface area contributed by atoms with Crippen molar-refractivity contribution in [3.8, 4) is 0 Å². The molecular weight excluding hydrogens is 526 g/mol. The average molecular weight is 562 g/mol.